The molecule has 1 aromatic rings. The van der Waals surface area contributed by atoms with Crippen molar-refractivity contribution in [1.82, 2.24) is 4.90 Å². The molecule has 0 unspecified atom stereocenters. The normalized spacial score (nSPS) is 15.2. The summed E-state index contributed by atoms with van der Waals surface area (Å²) >= 11 is 0. The highest BCUT2D eigenvalue weighted by atomic mass is 16.5. The summed E-state index contributed by atoms with van der Waals surface area (Å²) < 4.78 is 4.64. The number of carbonyl (C=O) groups excluding carboxylic acids is 2. The Labute approximate surface area is 138 Å². The topological polar surface area (TPSA) is 46.6 Å². The maximum Gasteiger partial charge on any atom is 0.307 e. The van der Waals surface area contributed by atoms with E-state index in [-0.39, 0.29) is 18.3 Å². The van der Waals surface area contributed by atoms with Crippen molar-refractivity contribution in [3.63, 3.8) is 0 Å². The van der Waals surface area contributed by atoms with Crippen molar-refractivity contribution in [2.75, 3.05) is 20.2 Å². The van der Waals surface area contributed by atoms with Crippen LogP contribution in [-0.2, 0) is 9.53 Å². The largest absolute Gasteiger partial charge is 0.469 e. The van der Waals surface area contributed by atoms with Crippen LogP contribution in [0.5, 0.6) is 0 Å². The van der Waals surface area contributed by atoms with Crippen LogP contribution in [0.2, 0.25) is 0 Å². The number of nitrogens with zero attached hydrogens (tertiary/aromatic N) is 1. The third-order valence-electron chi connectivity index (χ3n) is 4.72. The quantitative estimate of drug-likeness (QED) is 0.751. The van der Waals surface area contributed by atoms with Gasteiger partial charge in [0.05, 0.1) is 13.5 Å². The first-order chi connectivity index (χ1) is 11.2. The Morgan fingerprint density at radius 3 is 2.35 bits per heavy atom. The van der Waals surface area contributed by atoms with Crippen molar-refractivity contribution in [1.29, 1.82) is 0 Å². The average Bonchev–Trinajstić information content (AvgIpc) is 2.62. The molecule has 0 N–H and O–H groups in total. The molecule has 2 rings (SSSR count). The van der Waals surface area contributed by atoms with Crippen molar-refractivity contribution in [3.8, 4) is 0 Å². The number of ether oxygens (including phenoxy) is 1. The van der Waals surface area contributed by atoms with Crippen LogP contribution in [0.25, 0.3) is 0 Å². The van der Waals surface area contributed by atoms with E-state index in [9.17, 15) is 9.59 Å². The summed E-state index contributed by atoms with van der Waals surface area (Å²) in [4.78, 5) is 25.5. The van der Waals surface area contributed by atoms with Gasteiger partial charge in [-0.05, 0) is 43.4 Å². The molecule has 1 amide bonds. The lowest BCUT2D eigenvalue weighted by Gasteiger charge is -2.23. The summed E-state index contributed by atoms with van der Waals surface area (Å²) in [5, 5.41) is 0. The van der Waals surface area contributed by atoms with E-state index in [1.165, 1.54) is 44.8 Å². The molecule has 23 heavy (non-hydrogen) atoms. The minimum Gasteiger partial charge on any atom is -0.469 e. The Kier molecular flexibility index (Phi) is 6.63. The van der Waals surface area contributed by atoms with Crippen LogP contribution in [0.1, 0.15) is 67.3 Å². The number of hydrogen-bond acceptors (Lipinski definition) is 3. The highest BCUT2D eigenvalue weighted by Crippen LogP contribution is 2.32. The van der Waals surface area contributed by atoms with Crippen LogP contribution < -0.4 is 0 Å². The number of esters is 1. The molecule has 1 aliphatic carbocycles. The molecular formula is C19H27NO3. The lowest BCUT2D eigenvalue weighted by Crippen LogP contribution is -2.33. The molecule has 1 fully saturated rings. The first-order valence-electron chi connectivity index (χ1n) is 8.61. The Balaban J connectivity index is 1.98. The fourth-order valence-electron chi connectivity index (χ4n) is 3.25. The molecule has 1 aliphatic rings. The van der Waals surface area contributed by atoms with Crippen LogP contribution in [0.4, 0.5) is 0 Å². The van der Waals surface area contributed by atoms with Crippen LogP contribution >= 0.6 is 0 Å². The fraction of sp³-hybridized carbons (Fsp3) is 0.579. The smallest absolute Gasteiger partial charge is 0.307 e. The van der Waals surface area contributed by atoms with Gasteiger partial charge in [0.15, 0.2) is 0 Å². The molecule has 0 aliphatic heterocycles. The van der Waals surface area contributed by atoms with Crippen molar-refractivity contribution in [2.45, 2.75) is 51.4 Å². The van der Waals surface area contributed by atoms with E-state index >= 15 is 0 Å². The Morgan fingerprint density at radius 1 is 1.13 bits per heavy atom. The highest BCUT2D eigenvalue weighted by molar-refractivity contribution is 5.94. The molecule has 0 atom stereocenters. The van der Waals surface area contributed by atoms with Gasteiger partial charge in [-0.25, -0.2) is 0 Å². The van der Waals surface area contributed by atoms with E-state index in [0.29, 0.717) is 24.6 Å². The second-order valence-corrected chi connectivity index (χ2v) is 6.17. The van der Waals surface area contributed by atoms with E-state index in [0.717, 1.165) is 0 Å². The van der Waals surface area contributed by atoms with Crippen LogP contribution in [-0.4, -0.2) is 37.0 Å². The first-order valence-corrected chi connectivity index (χ1v) is 8.61. The van der Waals surface area contributed by atoms with E-state index in [1.807, 2.05) is 19.1 Å². The standard InChI is InChI=1S/C19H27NO3/c1-3-20(14-13-18(21)23-2)19(22)17-11-9-16(10-12-17)15-7-5-4-6-8-15/h9-12,15H,3-8,13-14H2,1-2H3. The first kappa shape index (κ1) is 17.5. The average molecular weight is 317 g/mol. The molecule has 1 aromatic carbocycles. The highest BCUT2D eigenvalue weighted by Gasteiger charge is 2.18. The van der Waals surface area contributed by atoms with E-state index in [2.05, 4.69) is 16.9 Å². The van der Waals surface area contributed by atoms with Crippen molar-refractivity contribution in [3.05, 3.63) is 35.4 Å². The summed E-state index contributed by atoms with van der Waals surface area (Å²) in [6, 6.07) is 8.04. The molecule has 0 radical (unpaired) electrons. The predicted molar refractivity (Wildman–Crippen MR) is 90.5 cm³/mol. The number of carbonyl (C=O) groups is 2. The summed E-state index contributed by atoms with van der Waals surface area (Å²) in [5.41, 5.74) is 2.04. The molecule has 126 valence electrons. The minimum absolute atomic E-state index is 0.0217. The zero-order valence-corrected chi connectivity index (χ0v) is 14.2. The number of benzene rings is 1. The Hall–Kier alpha value is -1.84. The molecule has 1 saturated carbocycles. The molecule has 4 nitrogen and oxygen atoms in total. The fourth-order valence-corrected chi connectivity index (χ4v) is 3.25. The molecule has 0 bridgehead atoms. The maximum atomic E-state index is 12.5. The van der Waals surface area contributed by atoms with Gasteiger partial charge in [0, 0.05) is 18.7 Å². The zero-order chi connectivity index (χ0) is 16.7. The van der Waals surface area contributed by atoms with Gasteiger partial charge in [-0.3, -0.25) is 9.59 Å². The number of methoxy groups -OCH3 is 1. The third-order valence-corrected chi connectivity index (χ3v) is 4.72. The maximum absolute atomic E-state index is 12.5. The van der Waals surface area contributed by atoms with Crippen molar-refractivity contribution in [2.24, 2.45) is 0 Å². The van der Waals surface area contributed by atoms with Crippen LogP contribution in [0, 0.1) is 0 Å². The van der Waals surface area contributed by atoms with Crippen molar-refractivity contribution < 1.29 is 14.3 Å². The lowest BCUT2D eigenvalue weighted by molar-refractivity contribution is -0.140. The second kappa shape index (κ2) is 8.70. The molecule has 0 saturated heterocycles. The molecule has 4 heteroatoms. The van der Waals surface area contributed by atoms with Gasteiger partial charge in [0.2, 0.25) is 0 Å². The van der Waals surface area contributed by atoms with Gasteiger partial charge in [0.1, 0.15) is 0 Å². The van der Waals surface area contributed by atoms with E-state index in [1.54, 1.807) is 4.90 Å². The van der Waals surface area contributed by atoms with Gasteiger partial charge in [-0.2, -0.15) is 0 Å². The van der Waals surface area contributed by atoms with Gasteiger partial charge >= 0.3 is 5.97 Å². The lowest BCUT2D eigenvalue weighted by atomic mass is 9.84. The number of rotatable bonds is 6. The monoisotopic (exact) mass is 317 g/mol. The molecule has 0 aromatic heterocycles. The summed E-state index contributed by atoms with van der Waals surface area (Å²) in [6.07, 6.45) is 6.71. The summed E-state index contributed by atoms with van der Waals surface area (Å²) in [7, 11) is 1.37. The van der Waals surface area contributed by atoms with Crippen LogP contribution in [0.15, 0.2) is 24.3 Å². The predicted octanol–water partition coefficient (Wildman–Crippen LogP) is 3.76. The summed E-state index contributed by atoms with van der Waals surface area (Å²) in [6.45, 7) is 2.90. The van der Waals surface area contributed by atoms with Crippen molar-refractivity contribution >= 4 is 11.9 Å². The van der Waals surface area contributed by atoms with Crippen LogP contribution in [0.3, 0.4) is 0 Å². The third kappa shape index (κ3) is 4.81. The Morgan fingerprint density at radius 2 is 1.78 bits per heavy atom. The van der Waals surface area contributed by atoms with Gasteiger partial charge < -0.3 is 9.64 Å². The van der Waals surface area contributed by atoms with E-state index < -0.39 is 0 Å². The number of hydrogen-bond donors (Lipinski definition) is 0. The summed E-state index contributed by atoms with van der Waals surface area (Å²) in [5.74, 6) is 0.338. The van der Waals surface area contributed by atoms with Gasteiger partial charge in [-0.15, -0.1) is 0 Å². The molecule has 0 heterocycles. The van der Waals surface area contributed by atoms with E-state index in [4.69, 9.17) is 0 Å². The molecule has 0 spiro atoms. The minimum atomic E-state index is -0.288. The molecular weight excluding hydrogens is 290 g/mol. The SMILES string of the molecule is CCN(CCC(=O)OC)C(=O)c1ccc(C2CCCCC2)cc1. The van der Waals surface area contributed by atoms with Gasteiger partial charge in [-0.1, -0.05) is 31.4 Å². The Bertz CT molecular complexity index is 518. The number of amides is 1. The zero-order valence-electron chi connectivity index (χ0n) is 14.2. The van der Waals surface area contributed by atoms with Gasteiger partial charge in [0.25, 0.3) is 5.91 Å². The second-order valence-electron chi connectivity index (χ2n) is 6.17.